The first-order chi connectivity index (χ1) is 10.2. The van der Waals surface area contributed by atoms with Gasteiger partial charge in [-0.3, -0.25) is 4.79 Å². The third-order valence-corrected chi connectivity index (χ3v) is 2.82. The number of nitrogens with zero attached hydrogens (tertiary/aromatic N) is 1. The summed E-state index contributed by atoms with van der Waals surface area (Å²) >= 11 is 0. The highest BCUT2D eigenvalue weighted by Crippen LogP contribution is 2.10. The molecule has 5 nitrogen and oxygen atoms in total. The van der Waals surface area contributed by atoms with Crippen LogP contribution in [0.4, 0.5) is 0 Å². The molecule has 0 spiro atoms. The lowest BCUT2D eigenvalue weighted by molar-refractivity contribution is -0.120. The lowest BCUT2D eigenvalue weighted by Gasteiger charge is -2.01. The van der Waals surface area contributed by atoms with Crippen molar-refractivity contribution >= 4 is 12.1 Å². The van der Waals surface area contributed by atoms with E-state index < -0.39 is 0 Å². The van der Waals surface area contributed by atoms with Gasteiger partial charge in [-0.2, -0.15) is 5.10 Å². The van der Waals surface area contributed by atoms with Gasteiger partial charge in [0.25, 0.3) is 0 Å². The number of phenols is 1. The first-order valence-electron chi connectivity index (χ1n) is 6.41. The van der Waals surface area contributed by atoms with Crippen LogP contribution < -0.4 is 10.2 Å². The number of benzene rings is 2. The number of rotatable bonds is 5. The number of hydrogen-bond acceptors (Lipinski definition) is 4. The van der Waals surface area contributed by atoms with Gasteiger partial charge in [-0.1, -0.05) is 12.1 Å². The number of aromatic hydroxyl groups is 1. The second-order valence-corrected chi connectivity index (χ2v) is 4.41. The predicted octanol–water partition coefficient (Wildman–Crippen LogP) is 2.09. The Hall–Kier alpha value is -2.82. The molecule has 0 bridgehead atoms. The van der Waals surface area contributed by atoms with E-state index in [9.17, 15) is 4.79 Å². The Morgan fingerprint density at radius 2 is 1.86 bits per heavy atom. The van der Waals surface area contributed by atoms with E-state index in [4.69, 9.17) is 9.84 Å². The van der Waals surface area contributed by atoms with Crippen LogP contribution in [0.5, 0.6) is 11.5 Å². The lowest BCUT2D eigenvalue weighted by atomic mass is 10.1. The Morgan fingerprint density at radius 3 is 2.48 bits per heavy atom. The number of hydrogen-bond donors (Lipinski definition) is 2. The molecule has 0 unspecified atom stereocenters. The van der Waals surface area contributed by atoms with E-state index in [1.54, 1.807) is 37.6 Å². The van der Waals surface area contributed by atoms with E-state index in [0.717, 1.165) is 16.9 Å². The van der Waals surface area contributed by atoms with Crippen LogP contribution in [0.1, 0.15) is 11.1 Å². The average molecular weight is 284 g/mol. The zero-order valence-corrected chi connectivity index (χ0v) is 11.6. The Labute approximate surface area is 122 Å². The number of ether oxygens (including phenoxy) is 1. The zero-order valence-electron chi connectivity index (χ0n) is 11.6. The average Bonchev–Trinajstić information content (AvgIpc) is 2.50. The van der Waals surface area contributed by atoms with Crippen LogP contribution in [0.25, 0.3) is 0 Å². The van der Waals surface area contributed by atoms with Crippen molar-refractivity contribution in [2.45, 2.75) is 6.42 Å². The molecule has 5 heteroatoms. The summed E-state index contributed by atoms with van der Waals surface area (Å²) in [6.07, 6.45) is 1.77. The first kappa shape index (κ1) is 14.6. The van der Waals surface area contributed by atoms with Gasteiger partial charge in [0.1, 0.15) is 11.5 Å². The van der Waals surface area contributed by atoms with Crippen molar-refractivity contribution in [3.05, 3.63) is 59.7 Å². The second kappa shape index (κ2) is 7.09. The molecule has 0 saturated carbocycles. The molecular formula is C16H16N2O3. The maximum atomic E-state index is 11.7. The topological polar surface area (TPSA) is 70.9 Å². The number of carbonyl (C=O) groups is 1. The highest BCUT2D eigenvalue weighted by atomic mass is 16.5. The summed E-state index contributed by atoms with van der Waals surface area (Å²) in [5, 5.41) is 13.1. The van der Waals surface area contributed by atoms with Gasteiger partial charge >= 0.3 is 0 Å². The van der Waals surface area contributed by atoms with Gasteiger partial charge in [0.05, 0.1) is 19.7 Å². The number of amides is 1. The second-order valence-electron chi connectivity index (χ2n) is 4.41. The van der Waals surface area contributed by atoms with Crippen LogP contribution in [0.3, 0.4) is 0 Å². The Morgan fingerprint density at radius 1 is 1.19 bits per heavy atom. The number of phenolic OH excluding ortho intramolecular Hbond substituents is 1. The summed E-state index contributed by atoms with van der Waals surface area (Å²) in [6.45, 7) is 0. The van der Waals surface area contributed by atoms with Gasteiger partial charge in [-0.15, -0.1) is 0 Å². The minimum atomic E-state index is -0.217. The van der Waals surface area contributed by atoms with Crippen molar-refractivity contribution in [3.8, 4) is 11.5 Å². The maximum Gasteiger partial charge on any atom is 0.244 e. The number of carbonyl (C=O) groups excluding carboxylic acids is 1. The Bertz CT molecular complexity index is 619. The molecule has 0 aliphatic rings. The molecule has 2 aromatic carbocycles. The fraction of sp³-hybridized carbons (Fsp3) is 0.125. The summed E-state index contributed by atoms with van der Waals surface area (Å²) in [6, 6.07) is 13.8. The highest BCUT2D eigenvalue weighted by molar-refractivity contribution is 5.83. The number of nitrogens with one attached hydrogen (secondary N) is 1. The zero-order chi connectivity index (χ0) is 15.1. The number of hydrazone groups is 1. The van der Waals surface area contributed by atoms with Crippen LogP contribution in [0.15, 0.2) is 53.6 Å². The van der Waals surface area contributed by atoms with Crippen molar-refractivity contribution in [1.29, 1.82) is 0 Å². The van der Waals surface area contributed by atoms with Gasteiger partial charge in [-0.05, 0) is 47.5 Å². The highest BCUT2D eigenvalue weighted by Gasteiger charge is 2.01. The third kappa shape index (κ3) is 4.65. The van der Waals surface area contributed by atoms with Crippen LogP contribution in [0, 0.1) is 0 Å². The molecule has 0 aliphatic heterocycles. The van der Waals surface area contributed by atoms with E-state index >= 15 is 0 Å². The Balaban J connectivity index is 1.85. The van der Waals surface area contributed by atoms with E-state index in [-0.39, 0.29) is 18.1 Å². The fourth-order valence-corrected chi connectivity index (χ4v) is 1.71. The standard InChI is InChI=1S/C16H16N2O3/c1-21-15-8-4-13(5-9-15)11-17-18-16(20)10-12-2-6-14(19)7-3-12/h2-9,11,19H,10H2,1H3,(H,18,20)/b17-11-. The molecule has 2 N–H and O–H groups in total. The van der Waals surface area contributed by atoms with Gasteiger partial charge in [0.15, 0.2) is 0 Å². The van der Waals surface area contributed by atoms with Crippen molar-refractivity contribution in [2.75, 3.05) is 7.11 Å². The lowest BCUT2D eigenvalue weighted by Crippen LogP contribution is -2.19. The molecule has 1 amide bonds. The predicted molar refractivity (Wildman–Crippen MR) is 80.5 cm³/mol. The SMILES string of the molecule is COc1ccc(/C=N\NC(=O)Cc2ccc(O)cc2)cc1. The molecule has 21 heavy (non-hydrogen) atoms. The van der Waals surface area contributed by atoms with Crippen molar-refractivity contribution in [2.24, 2.45) is 5.10 Å². The summed E-state index contributed by atoms with van der Waals surface area (Å²) in [4.78, 5) is 11.7. The van der Waals surface area contributed by atoms with Gasteiger partial charge in [0, 0.05) is 0 Å². The quantitative estimate of drug-likeness (QED) is 0.652. The third-order valence-electron chi connectivity index (χ3n) is 2.82. The molecule has 2 rings (SSSR count). The minimum absolute atomic E-state index is 0.177. The molecule has 0 heterocycles. The van der Waals surface area contributed by atoms with Crippen molar-refractivity contribution in [1.82, 2.24) is 5.43 Å². The largest absolute Gasteiger partial charge is 0.508 e. The van der Waals surface area contributed by atoms with Crippen LogP contribution in [-0.4, -0.2) is 24.3 Å². The van der Waals surface area contributed by atoms with Crippen LogP contribution in [-0.2, 0) is 11.2 Å². The molecule has 0 aromatic heterocycles. The van der Waals surface area contributed by atoms with Gasteiger partial charge in [0.2, 0.25) is 5.91 Å². The molecule has 0 saturated heterocycles. The molecule has 2 aromatic rings. The van der Waals surface area contributed by atoms with Crippen LogP contribution >= 0.6 is 0 Å². The normalized spacial score (nSPS) is 10.5. The smallest absolute Gasteiger partial charge is 0.244 e. The minimum Gasteiger partial charge on any atom is -0.508 e. The first-order valence-corrected chi connectivity index (χ1v) is 6.41. The molecule has 0 radical (unpaired) electrons. The molecular weight excluding hydrogens is 268 g/mol. The van der Waals surface area contributed by atoms with Crippen molar-refractivity contribution in [3.63, 3.8) is 0 Å². The van der Waals surface area contributed by atoms with Gasteiger partial charge in [-0.25, -0.2) is 5.43 Å². The molecule has 108 valence electrons. The van der Waals surface area contributed by atoms with Gasteiger partial charge < -0.3 is 9.84 Å². The Kier molecular flexibility index (Phi) is 4.93. The summed E-state index contributed by atoms with van der Waals surface area (Å²) < 4.78 is 5.05. The van der Waals surface area contributed by atoms with E-state index in [1.165, 1.54) is 0 Å². The number of methoxy groups -OCH3 is 1. The maximum absolute atomic E-state index is 11.7. The summed E-state index contributed by atoms with van der Waals surface area (Å²) in [5.41, 5.74) is 4.13. The van der Waals surface area contributed by atoms with E-state index in [1.807, 2.05) is 24.3 Å². The summed E-state index contributed by atoms with van der Waals surface area (Å²) in [5.74, 6) is 0.727. The van der Waals surface area contributed by atoms with Crippen molar-refractivity contribution < 1.29 is 14.6 Å². The monoisotopic (exact) mass is 284 g/mol. The van der Waals surface area contributed by atoms with Crippen LogP contribution in [0.2, 0.25) is 0 Å². The fourth-order valence-electron chi connectivity index (χ4n) is 1.71. The molecule has 0 fully saturated rings. The summed E-state index contributed by atoms with van der Waals surface area (Å²) in [7, 11) is 1.60. The van der Waals surface area contributed by atoms with E-state index in [0.29, 0.717) is 0 Å². The molecule has 0 aliphatic carbocycles. The molecule has 0 atom stereocenters. The van der Waals surface area contributed by atoms with E-state index in [2.05, 4.69) is 10.5 Å².